The standard InChI is InChI=1S/C28H33ClN2O6/c1-28(2,3)37-27(35)31(16-25(34)20-6-4-8-22(29)15-20)23(18-33)14-19-9-11-24(12-10-19)36-26-21(17-32)7-5-13-30-26/h4-13,15,23,25,32-34H,14,16-18H2,1-3H3/t23-,25+/m0/s1. The van der Waals surface area contributed by atoms with Gasteiger partial charge in [-0.3, -0.25) is 4.90 Å². The first-order valence-electron chi connectivity index (χ1n) is 11.9. The summed E-state index contributed by atoms with van der Waals surface area (Å²) in [4.78, 5) is 18.6. The van der Waals surface area contributed by atoms with Crippen molar-refractivity contribution in [2.24, 2.45) is 0 Å². The van der Waals surface area contributed by atoms with Crippen molar-refractivity contribution in [1.29, 1.82) is 0 Å². The number of hydrogen-bond acceptors (Lipinski definition) is 7. The van der Waals surface area contributed by atoms with Gasteiger partial charge >= 0.3 is 6.09 Å². The van der Waals surface area contributed by atoms with Crippen LogP contribution in [0.3, 0.4) is 0 Å². The number of nitrogens with zero attached hydrogens (tertiary/aromatic N) is 2. The van der Waals surface area contributed by atoms with E-state index in [1.165, 1.54) is 4.90 Å². The third kappa shape index (κ3) is 8.43. The molecule has 1 aromatic heterocycles. The van der Waals surface area contributed by atoms with Crippen LogP contribution in [0.5, 0.6) is 11.6 Å². The second-order valence-electron chi connectivity index (χ2n) is 9.62. The minimum Gasteiger partial charge on any atom is -0.444 e. The van der Waals surface area contributed by atoms with Gasteiger partial charge in [0.15, 0.2) is 0 Å². The Morgan fingerprint density at radius 1 is 1.08 bits per heavy atom. The van der Waals surface area contributed by atoms with E-state index in [0.717, 1.165) is 5.56 Å². The fourth-order valence-corrected chi connectivity index (χ4v) is 3.88. The molecular formula is C28H33ClN2O6. The zero-order valence-electron chi connectivity index (χ0n) is 21.2. The summed E-state index contributed by atoms with van der Waals surface area (Å²) in [7, 11) is 0. The molecule has 2 aromatic carbocycles. The lowest BCUT2D eigenvalue weighted by molar-refractivity contribution is -0.00373. The molecule has 3 N–H and O–H groups in total. The van der Waals surface area contributed by atoms with E-state index in [0.29, 0.717) is 34.2 Å². The highest BCUT2D eigenvalue weighted by Gasteiger charge is 2.30. The second-order valence-corrected chi connectivity index (χ2v) is 10.1. The van der Waals surface area contributed by atoms with Gasteiger partial charge in [0, 0.05) is 16.8 Å². The number of hydrogen-bond donors (Lipinski definition) is 3. The highest BCUT2D eigenvalue weighted by molar-refractivity contribution is 6.30. The summed E-state index contributed by atoms with van der Waals surface area (Å²) in [6, 6.07) is 16.7. The predicted octanol–water partition coefficient (Wildman–Crippen LogP) is 4.89. The number of aromatic nitrogens is 1. The number of rotatable bonds is 10. The molecule has 0 aliphatic carbocycles. The second kappa shape index (κ2) is 12.9. The maximum atomic E-state index is 13.1. The highest BCUT2D eigenvalue weighted by Crippen LogP contribution is 2.25. The molecule has 0 radical (unpaired) electrons. The van der Waals surface area contributed by atoms with Gasteiger partial charge in [0.1, 0.15) is 11.4 Å². The van der Waals surface area contributed by atoms with E-state index in [1.807, 2.05) is 12.1 Å². The number of amides is 1. The van der Waals surface area contributed by atoms with E-state index in [2.05, 4.69) is 4.98 Å². The molecule has 1 heterocycles. The molecule has 2 atom stereocenters. The summed E-state index contributed by atoms with van der Waals surface area (Å²) < 4.78 is 11.4. The van der Waals surface area contributed by atoms with Crippen LogP contribution in [0, 0.1) is 0 Å². The van der Waals surface area contributed by atoms with Crippen LogP contribution in [0.2, 0.25) is 5.02 Å². The fourth-order valence-electron chi connectivity index (χ4n) is 3.69. The van der Waals surface area contributed by atoms with Gasteiger partial charge in [0.05, 0.1) is 31.9 Å². The van der Waals surface area contributed by atoms with Crippen molar-refractivity contribution in [1.82, 2.24) is 9.88 Å². The topological polar surface area (TPSA) is 112 Å². The number of ether oxygens (including phenoxy) is 2. The molecule has 0 unspecified atom stereocenters. The molecule has 0 saturated heterocycles. The van der Waals surface area contributed by atoms with Crippen LogP contribution in [-0.4, -0.2) is 56.1 Å². The average molecular weight is 529 g/mol. The Balaban J connectivity index is 1.78. The molecule has 0 fully saturated rings. The Kier molecular flexibility index (Phi) is 9.88. The lowest BCUT2D eigenvalue weighted by Gasteiger charge is -2.34. The molecule has 1 amide bonds. The third-order valence-electron chi connectivity index (χ3n) is 5.51. The van der Waals surface area contributed by atoms with Crippen molar-refractivity contribution in [2.45, 2.75) is 51.5 Å². The quantitative estimate of drug-likeness (QED) is 0.343. The van der Waals surface area contributed by atoms with E-state index in [1.54, 1.807) is 75.5 Å². The number of aliphatic hydroxyl groups is 3. The predicted molar refractivity (Wildman–Crippen MR) is 141 cm³/mol. The Morgan fingerprint density at radius 2 is 1.81 bits per heavy atom. The summed E-state index contributed by atoms with van der Waals surface area (Å²) >= 11 is 6.07. The van der Waals surface area contributed by atoms with Crippen molar-refractivity contribution in [2.75, 3.05) is 13.2 Å². The molecule has 37 heavy (non-hydrogen) atoms. The summed E-state index contributed by atoms with van der Waals surface area (Å²) in [6.45, 7) is 4.65. The van der Waals surface area contributed by atoms with Gasteiger partial charge in [0.25, 0.3) is 0 Å². The lowest BCUT2D eigenvalue weighted by Crippen LogP contribution is -2.48. The molecule has 9 heteroatoms. The van der Waals surface area contributed by atoms with Crippen LogP contribution >= 0.6 is 11.6 Å². The van der Waals surface area contributed by atoms with Crippen molar-refractivity contribution >= 4 is 17.7 Å². The van der Waals surface area contributed by atoms with Gasteiger partial charge in [-0.25, -0.2) is 9.78 Å². The molecular weight excluding hydrogens is 496 g/mol. The van der Waals surface area contributed by atoms with E-state index >= 15 is 0 Å². The largest absolute Gasteiger partial charge is 0.444 e. The zero-order valence-corrected chi connectivity index (χ0v) is 21.9. The maximum absolute atomic E-state index is 13.1. The first-order chi connectivity index (χ1) is 17.6. The molecule has 3 rings (SSSR count). The van der Waals surface area contributed by atoms with Crippen molar-refractivity contribution in [3.05, 3.63) is 88.6 Å². The van der Waals surface area contributed by atoms with E-state index in [4.69, 9.17) is 21.1 Å². The number of halogens is 1. The minimum atomic E-state index is -1.03. The van der Waals surface area contributed by atoms with Crippen LogP contribution in [0.1, 0.15) is 43.6 Å². The number of pyridine rings is 1. The lowest BCUT2D eigenvalue weighted by atomic mass is 10.0. The van der Waals surface area contributed by atoms with Gasteiger partial charge in [-0.05, 0) is 74.7 Å². The number of benzene rings is 2. The van der Waals surface area contributed by atoms with Crippen LogP contribution in [0.4, 0.5) is 4.79 Å². The monoisotopic (exact) mass is 528 g/mol. The minimum absolute atomic E-state index is 0.0920. The van der Waals surface area contributed by atoms with E-state index in [-0.39, 0.29) is 19.8 Å². The summed E-state index contributed by atoms with van der Waals surface area (Å²) in [5.41, 5.74) is 1.20. The fraction of sp³-hybridized carbons (Fsp3) is 0.357. The normalized spacial score (nSPS) is 13.1. The van der Waals surface area contributed by atoms with Crippen LogP contribution in [0.25, 0.3) is 0 Å². The van der Waals surface area contributed by atoms with E-state index in [9.17, 15) is 20.1 Å². The van der Waals surface area contributed by atoms with Crippen LogP contribution in [-0.2, 0) is 17.8 Å². The molecule has 0 aliphatic heterocycles. The Labute approximate surface area is 222 Å². The number of aliphatic hydroxyl groups excluding tert-OH is 3. The number of carbonyl (C=O) groups is 1. The van der Waals surface area contributed by atoms with Crippen molar-refractivity contribution < 1.29 is 29.6 Å². The summed E-state index contributed by atoms with van der Waals surface area (Å²) in [6.07, 6.45) is 0.219. The first kappa shape index (κ1) is 28.4. The molecule has 3 aromatic rings. The Bertz CT molecular complexity index is 1170. The SMILES string of the molecule is CC(C)(C)OC(=O)N(C[C@@H](O)c1cccc(Cl)c1)[C@H](CO)Cc1ccc(Oc2ncccc2CO)cc1. The smallest absolute Gasteiger partial charge is 0.410 e. The molecule has 0 bridgehead atoms. The Hall–Kier alpha value is -3.17. The van der Waals surface area contributed by atoms with Crippen LogP contribution in [0.15, 0.2) is 66.9 Å². The zero-order chi connectivity index (χ0) is 27.0. The Morgan fingerprint density at radius 3 is 2.43 bits per heavy atom. The number of carbonyl (C=O) groups excluding carboxylic acids is 1. The molecule has 8 nitrogen and oxygen atoms in total. The van der Waals surface area contributed by atoms with E-state index < -0.39 is 23.8 Å². The van der Waals surface area contributed by atoms with Crippen molar-refractivity contribution in [3.63, 3.8) is 0 Å². The van der Waals surface area contributed by atoms with Crippen molar-refractivity contribution in [3.8, 4) is 11.6 Å². The highest BCUT2D eigenvalue weighted by atomic mass is 35.5. The van der Waals surface area contributed by atoms with Gasteiger partial charge in [-0.1, -0.05) is 35.9 Å². The third-order valence-corrected chi connectivity index (χ3v) is 5.75. The summed E-state index contributed by atoms with van der Waals surface area (Å²) in [5.74, 6) is 0.843. The van der Waals surface area contributed by atoms with Gasteiger partial charge in [-0.2, -0.15) is 0 Å². The van der Waals surface area contributed by atoms with Gasteiger partial charge < -0.3 is 24.8 Å². The maximum Gasteiger partial charge on any atom is 0.410 e. The molecule has 198 valence electrons. The van der Waals surface area contributed by atoms with Crippen LogP contribution < -0.4 is 4.74 Å². The summed E-state index contributed by atoms with van der Waals surface area (Å²) in [5, 5.41) is 31.0. The molecule has 0 aliphatic rings. The molecule has 0 spiro atoms. The average Bonchev–Trinajstić information content (AvgIpc) is 2.86. The van der Waals surface area contributed by atoms with Gasteiger partial charge in [0.2, 0.25) is 5.88 Å². The van der Waals surface area contributed by atoms with Gasteiger partial charge in [-0.15, -0.1) is 0 Å². The molecule has 0 saturated carbocycles. The first-order valence-corrected chi connectivity index (χ1v) is 12.3.